The number of halogens is 3. The van der Waals surface area contributed by atoms with Crippen LogP contribution in [0.5, 0.6) is 0 Å². The molecule has 1 aromatic rings. The van der Waals surface area contributed by atoms with Crippen molar-refractivity contribution in [2.75, 3.05) is 51.4 Å². The molecule has 0 bridgehead atoms. The van der Waals surface area contributed by atoms with Gasteiger partial charge in [0.2, 0.25) is 5.91 Å². The van der Waals surface area contributed by atoms with Gasteiger partial charge in [0.05, 0.1) is 25.5 Å². The van der Waals surface area contributed by atoms with Gasteiger partial charge in [0.25, 0.3) is 0 Å². The van der Waals surface area contributed by atoms with Gasteiger partial charge in [-0.2, -0.15) is 0 Å². The molecule has 1 amide bonds. The quantitative estimate of drug-likeness (QED) is 0.198. The van der Waals surface area contributed by atoms with E-state index in [1.54, 1.807) is 0 Å². The number of ether oxygens (including phenoxy) is 2. The number of unbranched alkanes of at least 4 members (excludes halogenated alkanes) is 1. The number of hydrogen-bond donors (Lipinski definition) is 3. The van der Waals surface area contributed by atoms with Crippen LogP contribution in [-0.4, -0.2) is 57.9 Å². The zero-order valence-corrected chi connectivity index (χ0v) is 16.8. The van der Waals surface area contributed by atoms with Gasteiger partial charge < -0.3 is 25.4 Å². The first kappa shape index (κ1) is 24.7. The Morgan fingerprint density at radius 1 is 1.00 bits per heavy atom. The second-order valence-corrected chi connectivity index (χ2v) is 5.97. The van der Waals surface area contributed by atoms with Crippen molar-refractivity contribution >= 4 is 17.6 Å². The van der Waals surface area contributed by atoms with E-state index in [0.717, 1.165) is 31.6 Å². The highest BCUT2D eigenvalue weighted by molar-refractivity contribution is 5.94. The maximum atomic E-state index is 13.6. The maximum absolute atomic E-state index is 13.6. The standard InChI is InChI=1S/C19H29F3N4O3/c1-3-5-9-28-11-12-29-10-8-24-19(23-4-2)25-13-16(27)26-15-7-6-14(20)17(21)18(15)22/h6-7H,3-5,8-13H2,1-2H3,(H,26,27)(H2,23,24,25). The number of aliphatic imine (C=N–C) groups is 1. The first-order valence-corrected chi connectivity index (χ1v) is 9.60. The predicted molar refractivity (Wildman–Crippen MR) is 105 cm³/mol. The van der Waals surface area contributed by atoms with E-state index < -0.39 is 29.0 Å². The highest BCUT2D eigenvalue weighted by atomic mass is 19.2. The lowest BCUT2D eigenvalue weighted by atomic mass is 10.3. The van der Waals surface area contributed by atoms with E-state index in [0.29, 0.717) is 38.9 Å². The Hall–Kier alpha value is -2.33. The largest absolute Gasteiger partial charge is 0.379 e. The SMILES string of the molecule is CCCCOCCOCCNC(=NCC(=O)Nc1ccc(F)c(F)c1F)NCC. The number of carbonyl (C=O) groups is 1. The molecule has 0 spiro atoms. The summed E-state index contributed by atoms with van der Waals surface area (Å²) >= 11 is 0. The Morgan fingerprint density at radius 3 is 2.41 bits per heavy atom. The molecule has 0 radical (unpaired) electrons. The van der Waals surface area contributed by atoms with Crippen LogP contribution in [0.4, 0.5) is 18.9 Å². The monoisotopic (exact) mass is 418 g/mol. The Kier molecular flexibility index (Phi) is 12.5. The number of nitrogens with zero attached hydrogens (tertiary/aromatic N) is 1. The van der Waals surface area contributed by atoms with E-state index in [-0.39, 0.29) is 6.54 Å². The number of nitrogens with one attached hydrogen (secondary N) is 3. The van der Waals surface area contributed by atoms with Crippen molar-refractivity contribution in [1.82, 2.24) is 10.6 Å². The van der Waals surface area contributed by atoms with Gasteiger partial charge in [-0.05, 0) is 25.5 Å². The van der Waals surface area contributed by atoms with E-state index in [9.17, 15) is 18.0 Å². The number of guanidine groups is 1. The number of benzene rings is 1. The summed E-state index contributed by atoms with van der Waals surface area (Å²) in [4.78, 5) is 16.0. The third kappa shape index (κ3) is 10.1. The second kappa shape index (κ2) is 14.6. The van der Waals surface area contributed by atoms with Gasteiger partial charge in [0.1, 0.15) is 6.54 Å². The molecule has 1 aromatic carbocycles. The third-order valence-electron chi connectivity index (χ3n) is 3.59. The summed E-state index contributed by atoms with van der Waals surface area (Å²) in [6.45, 7) is 6.82. The van der Waals surface area contributed by atoms with Gasteiger partial charge in [-0.15, -0.1) is 0 Å². The number of anilines is 1. The first-order chi connectivity index (χ1) is 14.0. The van der Waals surface area contributed by atoms with Crippen molar-refractivity contribution in [1.29, 1.82) is 0 Å². The number of amides is 1. The van der Waals surface area contributed by atoms with Crippen LogP contribution in [0, 0.1) is 17.5 Å². The predicted octanol–water partition coefficient (Wildman–Crippen LogP) is 2.43. The highest BCUT2D eigenvalue weighted by Gasteiger charge is 2.15. The molecule has 0 saturated heterocycles. The molecular formula is C19H29F3N4O3. The van der Waals surface area contributed by atoms with Gasteiger partial charge in [0.15, 0.2) is 23.4 Å². The lowest BCUT2D eigenvalue weighted by molar-refractivity contribution is -0.114. The molecule has 0 aromatic heterocycles. The van der Waals surface area contributed by atoms with Gasteiger partial charge >= 0.3 is 0 Å². The molecular weight excluding hydrogens is 389 g/mol. The van der Waals surface area contributed by atoms with Crippen LogP contribution in [-0.2, 0) is 14.3 Å². The number of hydrogen-bond acceptors (Lipinski definition) is 4. The fraction of sp³-hybridized carbons (Fsp3) is 0.579. The van der Waals surface area contributed by atoms with Crippen LogP contribution < -0.4 is 16.0 Å². The lowest BCUT2D eigenvalue weighted by Gasteiger charge is -2.12. The van der Waals surface area contributed by atoms with E-state index in [1.807, 2.05) is 6.92 Å². The summed E-state index contributed by atoms with van der Waals surface area (Å²) in [6, 6.07) is 1.68. The molecule has 0 heterocycles. The fourth-order valence-corrected chi connectivity index (χ4v) is 2.11. The van der Waals surface area contributed by atoms with E-state index >= 15 is 0 Å². The Labute approximate surface area is 169 Å². The van der Waals surface area contributed by atoms with Crippen molar-refractivity contribution < 1.29 is 27.4 Å². The molecule has 0 fully saturated rings. The van der Waals surface area contributed by atoms with E-state index in [4.69, 9.17) is 9.47 Å². The summed E-state index contributed by atoms with van der Waals surface area (Å²) < 4.78 is 50.5. The van der Waals surface area contributed by atoms with E-state index in [2.05, 4.69) is 27.9 Å². The summed E-state index contributed by atoms with van der Waals surface area (Å²) in [5, 5.41) is 8.10. The van der Waals surface area contributed by atoms with Crippen LogP contribution in [0.25, 0.3) is 0 Å². The molecule has 3 N–H and O–H groups in total. The maximum Gasteiger partial charge on any atom is 0.246 e. The lowest BCUT2D eigenvalue weighted by Crippen LogP contribution is -2.39. The van der Waals surface area contributed by atoms with Crippen molar-refractivity contribution in [3.63, 3.8) is 0 Å². The van der Waals surface area contributed by atoms with Gasteiger partial charge in [0, 0.05) is 19.7 Å². The van der Waals surface area contributed by atoms with Gasteiger partial charge in [-0.3, -0.25) is 4.79 Å². The Bertz CT molecular complexity index is 660. The number of rotatable bonds is 13. The smallest absolute Gasteiger partial charge is 0.246 e. The van der Waals surface area contributed by atoms with Crippen LogP contribution >= 0.6 is 0 Å². The zero-order valence-electron chi connectivity index (χ0n) is 16.8. The molecule has 10 heteroatoms. The van der Waals surface area contributed by atoms with Crippen molar-refractivity contribution in [2.24, 2.45) is 4.99 Å². The zero-order chi connectivity index (χ0) is 21.5. The summed E-state index contributed by atoms with van der Waals surface area (Å²) in [6.07, 6.45) is 2.12. The molecule has 29 heavy (non-hydrogen) atoms. The Morgan fingerprint density at radius 2 is 1.72 bits per heavy atom. The van der Waals surface area contributed by atoms with Crippen LogP contribution in [0.15, 0.2) is 17.1 Å². The van der Waals surface area contributed by atoms with Crippen LogP contribution in [0.1, 0.15) is 26.7 Å². The highest BCUT2D eigenvalue weighted by Crippen LogP contribution is 2.19. The molecule has 0 atom stereocenters. The number of carbonyl (C=O) groups excluding carboxylic acids is 1. The Balaban J connectivity index is 2.35. The third-order valence-corrected chi connectivity index (χ3v) is 3.59. The van der Waals surface area contributed by atoms with E-state index in [1.165, 1.54) is 0 Å². The van der Waals surface area contributed by atoms with Crippen LogP contribution in [0.3, 0.4) is 0 Å². The average molecular weight is 418 g/mol. The molecule has 0 aliphatic heterocycles. The van der Waals surface area contributed by atoms with Crippen molar-refractivity contribution in [3.05, 3.63) is 29.6 Å². The molecule has 0 unspecified atom stereocenters. The topological polar surface area (TPSA) is 84.0 Å². The molecule has 164 valence electrons. The molecule has 7 nitrogen and oxygen atoms in total. The minimum absolute atomic E-state index is 0.333. The summed E-state index contributed by atoms with van der Waals surface area (Å²) in [7, 11) is 0. The summed E-state index contributed by atoms with van der Waals surface area (Å²) in [5.74, 6) is -4.73. The average Bonchev–Trinajstić information content (AvgIpc) is 2.71. The van der Waals surface area contributed by atoms with Gasteiger partial charge in [-0.25, -0.2) is 18.2 Å². The van der Waals surface area contributed by atoms with Gasteiger partial charge in [-0.1, -0.05) is 13.3 Å². The minimum Gasteiger partial charge on any atom is -0.379 e. The molecule has 0 aliphatic carbocycles. The molecule has 1 rings (SSSR count). The van der Waals surface area contributed by atoms with Crippen LogP contribution in [0.2, 0.25) is 0 Å². The minimum atomic E-state index is -1.64. The summed E-state index contributed by atoms with van der Waals surface area (Å²) in [5.41, 5.74) is -0.448. The van der Waals surface area contributed by atoms with Crippen molar-refractivity contribution in [3.8, 4) is 0 Å². The molecule has 0 aliphatic rings. The van der Waals surface area contributed by atoms with Crippen molar-refractivity contribution in [2.45, 2.75) is 26.7 Å². The fourth-order valence-electron chi connectivity index (χ4n) is 2.11. The first-order valence-electron chi connectivity index (χ1n) is 9.60. The molecule has 0 saturated carbocycles. The second-order valence-electron chi connectivity index (χ2n) is 5.97. The normalized spacial score (nSPS) is 11.4.